The number of nitrogens with zero attached hydrogens (tertiary/aromatic N) is 5. The molecule has 0 amide bonds. The molecule has 0 bridgehead atoms. The van der Waals surface area contributed by atoms with Gasteiger partial charge in [-0.1, -0.05) is 0 Å². The minimum atomic E-state index is 0.549. The van der Waals surface area contributed by atoms with E-state index in [1.54, 1.807) is 31.7 Å². The Labute approximate surface area is 150 Å². The summed E-state index contributed by atoms with van der Waals surface area (Å²) in [6.45, 7) is 2.47. The van der Waals surface area contributed by atoms with Crippen molar-refractivity contribution >= 4 is 34.5 Å². The van der Waals surface area contributed by atoms with Gasteiger partial charge in [-0.15, -0.1) is 5.10 Å². The summed E-state index contributed by atoms with van der Waals surface area (Å²) in [5.41, 5.74) is 8.78. The highest BCUT2D eigenvalue weighted by molar-refractivity contribution is 6.10. The van der Waals surface area contributed by atoms with Gasteiger partial charge in [0, 0.05) is 42.9 Å². The third kappa shape index (κ3) is 3.92. The van der Waals surface area contributed by atoms with E-state index in [0.717, 1.165) is 22.2 Å². The van der Waals surface area contributed by atoms with Gasteiger partial charge in [0.25, 0.3) is 0 Å². The highest BCUT2D eigenvalue weighted by Crippen LogP contribution is 2.21. The second-order valence-corrected chi connectivity index (χ2v) is 5.30. The number of hydrogen-bond donors (Lipinski definition) is 2. The van der Waals surface area contributed by atoms with Crippen LogP contribution >= 0.6 is 0 Å². The van der Waals surface area contributed by atoms with Crippen molar-refractivity contribution in [2.45, 2.75) is 6.92 Å². The monoisotopic (exact) mass is 349 g/mol. The number of hydrogen-bond acceptors (Lipinski definition) is 8. The fourth-order valence-corrected chi connectivity index (χ4v) is 2.37. The molecule has 0 aliphatic carbocycles. The van der Waals surface area contributed by atoms with Crippen molar-refractivity contribution in [2.24, 2.45) is 10.7 Å². The average Bonchev–Trinajstić information content (AvgIpc) is 2.66. The standard InChI is InChI=1S/C18H19N7O/c1-3-26-14-7-18(25-22-11-14)24-17-5-4-15-16(23-17)6-12(10-21-15)13(8-19)9-20-2/h4-11H,3,19H2,1-2H3,(H,23,24,25). The first-order valence-electron chi connectivity index (χ1n) is 8.07. The number of anilines is 2. The zero-order chi connectivity index (χ0) is 18.4. The van der Waals surface area contributed by atoms with Gasteiger partial charge < -0.3 is 15.8 Å². The van der Waals surface area contributed by atoms with Gasteiger partial charge in [-0.05, 0) is 25.1 Å². The Hall–Kier alpha value is -3.55. The lowest BCUT2D eigenvalue weighted by molar-refractivity contribution is 0.338. The molecular formula is C18H19N7O. The average molecular weight is 349 g/mol. The molecule has 0 atom stereocenters. The predicted molar refractivity (Wildman–Crippen MR) is 103 cm³/mol. The Balaban J connectivity index is 1.91. The summed E-state index contributed by atoms with van der Waals surface area (Å²) in [6.07, 6.45) is 6.48. The molecule has 3 aromatic rings. The van der Waals surface area contributed by atoms with Gasteiger partial charge in [-0.2, -0.15) is 5.10 Å². The van der Waals surface area contributed by atoms with Crippen LogP contribution < -0.4 is 15.8 Å². The van der Waals surface area contributed by atoms with E-state index in [1.165, 1.54) is 6.20 Å². The fourth-order valence-electron chi connectivity index (χ4n) is 2.37. The summed E-state index contributed by atoms with van der Waals surface area (Å²) in [6, 6.07) is 7.39. The molecule has 8 heteroatoms. The lowest BCUT2D eigenvalue weighted by atomic mass is 10.1. The summed E-state index contributed by atoms with van der Waals surface area (Å²) in [5, 5.41) is 11.1. The molecule has 0 spiro atoms. The molecule has 26 heavy (non-hydrogen) atoms. The van der Waals surface area contributed by atoms with Gasteiger partial charge in [0.1, 0.15) is 11.6 Å². The Morgan fingerprint density at radius 2 is 2.12 bits per heavy atom. The molecule has 0 aliphatic heterocycles. The second-order valence-electron chi connectivity index (χ2n) is 5.30. The Bertz CT molecular complexity index is 969. The van der Waals surface area contributed by atoms with E-state index in [-0.39, 0.29) is 0 Å². The third-order valence-electron chi connectivity index (χ3n) is 3.51. The smallest absolute Gasteiger partial charge is 0.157 e. The van der Waals surface area contributed by atoms with Crippen LogP contribution in [0.25, 0.3) is 16.6 Å². The third-order valence-corrected chi connectivity index (χ3v) is 3.51. The van der Waals surface area contributed by atoms with Crippen molar-refractivity contribution in [1.82, 2.24) is 20.2 Å². The van der Waals surface area contributed by atoms with Gasteiger partial charge in [0.05, 0.1) is 23.8 Å². The SMILES string of the molecule is CCOc1cnnc(Nc2ccc3ncc(C(C=NC)=CN)cc3n2)c1. The predicted octanol–water partition coefficient (Wildman–Crippen LogP) is 2.56. The van der Waals surface area contributed by atoms with Crippen LogP contribution in [0.4, 0.5) is 11.6 Å². The van der Waals surface area contributed by atoms with E-state index in [9.17, 15) is 0 Å². The first kappa shape index (κ1) is 17.3. The summed E-state index contributed by atoms with van der Waals surface area (Å²) in [5.74, 6) is 1.82. The quantitative estimate of drug-likeness (QED) is 0.658. The molecular weight excluding hydrogens is 330 g/mol. The second kappa shape index (κ2) is 8.02. The van der Waals surface area contributed by atoms with Crippen molar-refractivity contribution in [1.29, 1.82) is 0 Å². The van der Waals surface area contributed by atoms with Crippen LogP contribution in [0.1, 0.15) is 12.5 Å². The van der Waals surface area contributed by atoms with Crippen LogP contribution in [0.5, 0.6) is 5.75 Å². The van der Waals surface area contributed by atoms with E-state index in [2.05, 4.69) is 30.5 Å². The minimum Gasteiger partial charge on any atom is -0.492 e. The summed E-state index contributed by atoms with van der Waals surface area (Å²) in [7, 11) is 1.69. The molecule has 3 N–H and O–H groups in total. The zero-order valence-electron chi connectivity index (χ0n) is 14.5. The van der Waals surface area contributed by atoms with Crippen molar-refractivity contribution in [3.8, 4) is 5.75 Å². The van der Waals surface area contributed by atoms with Gasteiger partial charge >= 0.3 is 0 Å². The van der Waals surface area contributed by atoms with Gasteiger partial charge in [-0.3, -0.25) is 9.98 Å². The molecule has 0 fully saturated rings. The Morgan fingerprint density at radius 3 is 2.88 bits per heavy atom. The van der Waals surface area contributed by atoms with Crippen LogP contribution in [-0.4, -0.2) is 40.0 Å². The molecule has 0 radical (unpaired) electrons. The number of fused-ring (bicyclic) bond motifs is 1. The van der Waals surface area contributed by atoms with Crippen LogP contribution in [-0.2, 0) is 0 Å². The molecule has 3 rings (SSSR count). The summed E-state index contributed by atoms with van der Waals surface area (Å²) in [4.78, 5) is 13.0. The molecule has 0 saturated carbocycles. The van der Waals surface area contributed by atoms with Crippen molar-refractivity contribution in [3.05, 3.63) is 48.4 Å². The maximum atomic E-state index is 5.66. The number of nitrogens with one attached hydrogen (secondary N) is 1. The van der Waals surface area contributed by atoms with Crippen LogP contribution in [0, 0.1) is 0 Å². The number of aliphatic imine (C=N–C) groups is 1. The van der Waals surface area contributed by atoms with Crippen molar-refractivity contribution < 1.29 is 4.74 Å². The highest BCUT2D eigenvalue weighted by atomic mass is 16.5. The lowest BCUT2D eigenvalue weighted by Gasteiger charge is -2.08. The Kier molecular flexibility index (Phi) is 5.33. The number of aromatic nitrogens is 4. The maximum absolute atomic E-state index is 5.66. The summed E-state index contributed by atoms with van der Waals surface area (Å²) < 4.78 is 5.43. The number of pyridine rings is 2. The van der Waals surface area contributed by atoms with Crippen LogP contribution in [0.15, 0.2) is 47.9 Å². The van der Waals surface area contributed by atoms with Crippen molar-refractivity contribution in [3.63, 3.8) is 0 Å². The molecule has 3 heterocycles. The fraction of sp³-hybridized carbons (Fsp3) is 0.167. The van der Waals surface area contributed by atoms with E-state index >= 15 is 0 Å². The first-order chi connectivity index (χ1) is 12.7. The molecule has 8 nitrogen and oxygen atoms in total. The molecule has 0 aromatic carbocycles. The Morgan fingerprint density at radius 1 is 1.23 bits per heavy atom. The topological polar surface area (TPSA) is 111 Å². The van der Waals surface area contributed by atoms with Gasteiger partial charge in [0.2, 0.25) is 0 Å². The first-order valence-corrected chi connectivity index (χ1v) is 8.07. The number of ether oxygens (including phenoxy) is 1. The van der Waals surface area contributed by atoms with Crippen LogP contribution in [0.3, 0.4) is 0 Å². The van der Waals surface area contributed by atoms with Crippen LogP contribution in [0.2, 0.25) is 0 Å². The van der Waals surface area contributed by atoms with E-state index in [0.29, 0.717) is 24.0 Å². The normalized spacial score (nSPS) is 11.8. The number of allylic oxidation sites excluding steroid dienone is 1. The molecule has 3 aromatic heterocycles. The minimum absolute atomic E-state index is 0.549. The largest absolute Gasteiger partial charge is 0.492 e. The number of rotatable bonds is 6. The van der Waals surface area contributed by atoms with Crippen molar-refractivity contribution in [2.75, 3.05) is 19.0 Å². The molecule has 0 aliphatic rings. The zero-order valence-corrected chi connectivity index (χ0v) is 14.5. The maximum Gasteiger partial charge on any atom is 0.157 e. The summed E-state index contributed by atoms with van der Waals surface area (Å²) >= 11 is 0. The molecule has 0 saturated heterocycles. The van der Waals surface area contributed by atoms with Gasteiger partial charge in [0.15, 0.2) is 5.82 Å². The number of nitrogens with two attached hydrogens (primary N) is 1. The van der Waals surface area contributed by atoms with E-state index in [4.69, 9.17) is 10.5 Å². The molecule has 132 valence electrons. The van der Waals surface area contributed by atoms with E-state index < -0.39 is 0 Å². The van der Waals surface area contributed by atoms with Gasteiger partial charge in [-0.25, -0.2) is 4.98 Å². The highest BCUT2D eigenvalue weighted by Gasteiger charge is 2.06. The molecule has 0 unspecified atom stereocenters. The lowest BCUT2D eigenvalue weighted by Crippen LogP contribution is -2.00. The van der Waals surface area contributed by atoms with E-state index in [1.807, 2.05) is 25.1 Å².